The highest BCUT2D eigenvalue weighted by Gasteiger charge is 2.32. The predicted molar refractivity (Wildman–Crippen MR) is 84.0 cm³/mol. The summed E-state index contributed by atoms with van der Waals surface area (Å²) in [4.78, 5) is 4.25. The first-order valence-electron chi connectivity index (χ1n) is 7.15. The van der Waals surface area contributed by atoms with Gasteiger partial charge in [-0.2, -0.15) is 4.31 Å². The van der Waals surface area contributed by atoms with Gasteiger partial charge < -0.3 is 0 Å². The maximum absolute atomic E-state index is 13.8. The molecule has 0 unspecified atom stereocenters. The fourth-order valence-corrected chi connectivity index (χ4v) is 5.20. The number of aromatic nitrogens is 1. The summed E-state index contributed by atoms with van der Waals surface area (Å²) in [6.07, 6.45) is 1.45. The Balaban J connectivity index is 1.75. The summed E-state index contributed by atoms with van der Waals surface area (Å²) in [7, 11) is -3.75. The largest absolute Gasteiger partial charge is 0.246 e. The lowest BCUT2D eigenvalue weighted by molar-refractivity contribution is 0.318. The molecule has 2 aromatic rings. The number of aryl methyl sites for hydroxylation is 1. The topological polar surface area (TPSA) is 50.3 Å². The molecule has 0 amide bonds. The normalized spacial score (nSPS) is 17.7. The van der Waals surface area contributed by atoms with Gasteiger partial charge in [-0.25, -0.2) is 17.8 Å². The molecule has 118 valence electrons. The zero-order valence-electron chi connectivity index (χ0n) is 12.2. The standard InChI is InChI=1S/C15H17FN2O2S2/c1-11-10-21-15(17-11)12-6-8-18(9-7-12)22(19,20)14-5-3-2-4-13(14)16/h2-5,10,12H,6-9H2,1H3. The quantitative estimate of drug-likeness (QED) is 0.862. The van der Waals surface area contributed by atoms with Crippen molar-refractivity contribution < 1.29 is 12.8 Å². The molecule has 1 aliphatic rings. The van der Waals surface area contributed by atoms with E-state index in [1.807, 2.05) is 12.3 Å². The fraction of sp³-hybridized carbons (Fsp3) is 0.400. The number of rotatable bonds is 3. The van der Waals surface area contributed by atoms with E-state index in [1.54, 1.807) is 17.4 Å². The molecule has 1 aromatic carbocycles. The molecule has 1 aliphatic heterocycles. The van der Waals surface area contributed by atoms with E-state index >= 15 is 0 Å². The Morgan fingerprint density at radius 3 is 2.55 bits per heavy atom. The Hall–Kier alpha value is -1.31. The van der Waals surface area contributed by atoms with Crippen LogP contribution in [0.2, 0.25) is 0 Å². The minimum Gasteiger partial charge on any atom is -0.246 e. The van der Waals surface area contributed by atoms with Crippen molar-refractivity contribution in [2.75, 3.05) is 13.1 Å². The Morgan fingerprint density at radius 1 is 1.27 bits per heavy atom. The second-order valence-corrected chi connectivity index (χ2v) is 8.23. The maximum Gasteiger partial charge on any atom is 0.245 e. The van der Waals surface area contributed by atoms with Crippen molar-refractivity contribution in [3.05, 3.63) is 46.2 Å². The Kier molecular flexibility index (Phi) is 4.29. The van der Waals surface area contributed by atoms with Gasteiger partial charge in [-0.05, 0) is 31.9 Å². The zero-order valence-corrected chi connectivity index (χ0v) is 13.8. The molecular formula is C15H17FN2O2S2. The Labute approximate surface area is 133 Å². The minimum absolute atomic E-state index is 0.237. The second kappa shape index (κ2) is 6.06. The molecule has 7 heteroatoms. The molecule has 0 N–H and O–H groups in total. The smallest absolute Gasteiger partial charge is 0.245 e. The third-order valence-corrected chi connectivity index (χ3v) is 6.95. The van der Waals surface area contributed by atoms with Crippen LogP contribution in [0.3, 0.4) is 0 Å². The summed E-state index contributed by atoms with van der Waals surface area (Å²) in [5.41, 5.74) is 1.00. The molecule has 2 heterocycles. The van der Waals surface area contributed by atoms with Crippen molar-refractivity contribution in [1.29, 1.82) is 0 Å². The highest BCUT2D eigenvalue weighted by molar-refractivity contribution is 7.89. The lowest BCUT2D eigenvalue weighted by Crippen LogP contribution is -2.38. The monoisotopic (exact) mass is 340 g/mol. The summed E-state index contributed by atoms with van der Waals surface area (Å²) in [5.74, 6) is -0.397. The van der Waals surface area contributed by atoms with Crippen LogP contribution in [0.5, 0.6) is 0 Å². The van der Waals surface area contributed by atoms with E-state index in [1.165, 1.54) is 22.5 Å². The van der Waals surface area contributed by atoms with Crippen LogP contribution in [0.4, 0.5) is 4.39 Å². The van der Waals surface area contributed by atoms with Crippen molar-refractivity contribution in [3.63, 3.8) is 0 Å². The van der Waals surface area contributed by atoms with Gasteiger partial charge in [-0.15, -0.1) is 11.3 Å². The lowest BCUT2D eigenvalue weighted by atomic mass is 9.99. The fourth-order valence-electron chi connectivity index (χ4n) is 2.70. The van der Waals surface area contributed by atoms with E-state index < -0.39 is 15.8 Å². The van der Waals surface area contributed by atoms with E-state index in [4.69, 9.17) is 0 Å². The lowest BCUT2D eigenvalue weighted by Gasteiger charge is -2.30. The molecule has 1 saturated heterocycles. The van der Waals surface area contributed by atoms with Crippen LogP contribution in [-0.4, -0.2) is 30.8 Å². The number of piperidine rings is 1. The van der Waals surface area contributed by atoms with Gasteiger partial charge in [0.15, 0.2) is 0 Å². The first-order valence-corrected chi connectivity index (χ1v) is 9.47. The van der Waals surface area contributed by atoms with E-state index in [0.717, 1.165) is 23.5 Å². The summed E-state index contributed by atoms with van der Waals surface area (Å²) in [6.45, 7) is 2.76. The minimum atomic E-state index is -3.75. The van der Waals surface area contributed by atoms with Gasteiger partial charge in [0.2, 0.25) is 10.0 Å². The highest BCUT2D eigenvalue weighted by Crippen LogP contribution is 2.32. The molecule has 0 bridgehead atoms. The van der Waals surface area contributed by atoms with Gasteiger partial charge in [0.05, 0.1) is 5.01 Å². The summed E-state index contributed by atoms with van der Waals surface area (Å²) < 4.78 is 40.2. The number of nitrogens with zero attached hydrogens (tertiary/aromatic N) is 2. The van der Waals surface area contributed by atoms with Gasteiger partial charge in [0, 0.05) is 30.1 Å². The van der Waals surface area contributed by atoms with E-state index in [-0.39, 0.29) is 4.90 Å². The summed E-state index contributed by atoms with van der Waals surface area (Å²) >= 11 is 1.62. The van der Waals surface area contributed by atoms with Gasteiger partial charge in [0.25, 0.3) is 0 Å². The first kappa shape index (κ1) is 15.6. The first-order chi connectivity index (χ1) is 10.5. The zero-order chi connectivity index (χ0) is 15.7. The van der Waals surface area contributed by atoms with Crippen LogP contribution in [0.1, 0.15) is 29.5 Å². The SMILES string of the molecule is Cc1csc(C2CCN(S(=O)(=O)c3ccccc3F)CC2)n1. The van der Waals surface area contributed by atoms with Gasteiger partial charge in [-0.3, -0.25) is 0 Å². The Bertz CT molecular complexity index is 765. The molecule has 0 radical (unpaired) electrons. The van der Waals surface area contributed by atoms with E-state index in [9.17, 15) is 12.8 Å². The van der Waals surface area contributed by atoms with Crippen LogP contribution in [0.15, 0.2) is 34.5 Å². The van der Waals surface area contributed by atoms with E-state index in [0.29, 0.717) is 19.0 Å². The number of hydrogen-bond acceptors (Lipinski definition) is 4. The number of benzene rings is 1. The van der Waals surface area contributed by atoms with Gasteiger partial charge in [-0.1, -0.05) is 12.1 Å². The summed E-state index contributed by atoms with van der Waals surface area (Å²) in [5, 5.41) is 3.08. The Morgan fingerprint density at radius 2 is 1.95 bits per heavy atom. The van der Waals surface area contributed by atoms with Crippen LogP contribution in [0.25, 0.3) is 0 Å². The van der Waals surface area contributed by atoms with Crippen LogP contribution in [-0.2, 0) is 10.0 Å². The molecule has 22 heavy (non-hydrogen) atoms. The van der Waals surface area contributed by atoms with Crippen molar-refractivity contribution in [2.45, 2.75) is 30.6 Å². The predicted octanol–water partition coefficient (Wildman–Crippen LogP) is 3.16. The number of thiazole rings is 1. The van der Waals surface area contributed by atoms with Gasteiger partial charge >= 0.3 is 0 Å². The van der Waals surface area contributed by atoms with Crippen molar-refractivity contribution in [1.82, 2.24) is 9.29 Å². The molecular weight excluding hydrogens is 323 g/mol. The molecule has 1 fully saturated rings. The molecule has 0 atom stereocenters. The molecule has 1 aromatic heterocycles. The molecule has 4 nitrogen and oxygen atoms in total. The highest BCUT2D eigenvalue weighted by atomic mass is 32.2. The number of hydrogen-bond donors (Lipinski definition) is 0. The van der Waals surface area contributed by atoms with Crippen LogP contribution < -0.4 is 0 Å². The molecule has 0 aliphatic carbocycles. The third-order valence-electron chi connectivity index (χ3n) is 3.89. The average molecular weight is 340 g/mol. The van der Waals surface area contributed by atoms with E-state index in [2.05, 4.69) is 4.98 Å². The molecule has 0 saturated carbocycles. The second-order valence-electron chi connectivity index (χ2n) is 5.44. The average Bonchev–Trinajstić information content (AvgIpc) is 2.94. The maximum atomic E-state index is 13.8. The van der Waals surface area contributed by atoms with Gasteiger partial charge in [0.1, 0.15) is 10.7 Å². The molecule has 0 spiro atoms. The third kappa shape index (κ3) is 2.93. The van der Waals surface area contributed by atoms with Crippen LogP contribution in [0, 0.1) is 12.7 Å². The number of sulfonamides is 1. The van der Waals surface area contributed by atoms with Crippen molar-refractivity contribution >= 4 is 21.4 Å². The number of halogens is 1. The van der Waals surface area contributed by atoms with Crippen molar-refractivity contribution in [3.8, 4) is 0 Å². The molecule has 3 rings (SSSR count). The van der Waals surface area contributed by atoms with Crippen molar-refractivity contribution in [2.24, 2.45) is 0 Å². The summed E-state index contributed by atoms with van der Waals surface area (Å²) in [6, 6.07) is 5.53. The van der Waals surface area contributed by atoms with Crippen LogP contribution >= 0.6 is 11.3 Å².